The Morgan fingerprint density at radius 1 is 1.42 bits per heavy atom. The first-order chi connectivity index (χ1) is 8.99. The van der Waals surface area contributed by atoms with Crippen LogP contribution >= 0.6 is 12.2 Å². The number of aliphatic hydroxyl groups is 1. The van der Waals surface area contributed by atoms with Gasteiger partial charge >= 0.3 is 0 Å². The van der Waals surface area contributed by atoms with Gasteiger partial charge in [0, 0.05) is 18.7 Å². The number of benzene rings is 1. The van der Waals surface area contributed by atoms with Gasteiger partial charge in [-0.1, -0.05) is 12.2 Å². The molecule has 0 amide bonds. The highest BCUT2D eigenvalue weighted by Gasteiger charge is 2.02. The number of hydrogen-bond acceptors (Lipinski definition) is 4. The van der Waals surface area contributed by atoms with Crippen molar-refractivity contribution in [3.05, 3.63) is 29.8 Å². The summed E-state index contributed by atoms with van der Waals surface area (Å²) in [5.41, 5.74) is 6.37. The molecule has 1 aromatic carbocycles. The zero-order valence-corrected chi connectivity index (χ0v) is 12.3. The minimum atomic E-state index is -0.293. The van der Waals surface area contributed by atoms with Crippen LogP contribution in [0.4, 0.5) is 0 Å². The van der Waals surface area contributed by atoms with E-state index >= 15 is 0 Å². The Hall–Kier alpha value is -1.17. The van der Waals surface area contributed by atoms with Crippen molar-refractivity contribution in [2.45, 2.75) is 19.4 Å². The van der Waals surface area contributed by atoms with Crippen LogP contribution in [0.25, 0.3) is 0 Å². The maximum Gasteiger partial charge on any atom is 0.119 e. The van der Waals surface area contributed by atoms with Crippen molar-refractivity contribution in [2.24, 2.45) is 5.73 Å². The van der Waals surface area contributed by atoms with Gasteiger partial charge in [0.2, 0.25) is 0 Å². The number of aliphatic hydroxyl groups excluding tert-OH is 1. The predicted octanol–water partition coefficient (Wildman–Crippen LogP) is 1.40. The highest BCUT2D eigenvalue weighted by Crippen LogP contribution is 2.12. The lowest BCUT2D eigenvalue weighted by molar-refractivity contribution is 0.137. The third-order valence-electron chi connectivity index (χ3n) is 2.67. The van der Waals surface area contributed by atoms with Crippen LogP contribution < -0.4 is 10.5 Å². The Kier molecular flexibility index (Phi) is 6.77. The lowest BCUT2D eigenvalue weighted by atomic mass is 10.2. The molecule has 1 rings (SSSR count). The third kappa shape index (κ3) is 6.52. The number of ether oxygens (including phenoxy) is 1. The van der Waals surface area contributed by atoms with Crippen molar-refractivity contribution in [1.82, 2.24) is 4.90 Å². The second-order valence-corrected chi connectivity index (χ2v) is 5.14. The SMILES string of the molecule is CC(O)CN(C)CCCOc1ccc(C(N)=S)cc1. The zero-order chi connectivity index (χ0) is 14.3. The second kappa shape index (κ2) is 8.09. The van der Waals surface area contributed by atoms with Gasteiger partial charge in [-0.05, 0) is 44.7 Å². The van der Waals surface area contributed by atoms with Gasteiger partial charge in [0.1, 0.15) is 10.7 Å². The lowest BCUT2D eigenvalue weighted by Crippen LogP contribution is -2.28. The first-order valence-corrected chi connectivity index (χ1v) is 6.79. The maximum atomic E-state index is 9.23. The topological polar surface area (TPSA) is 58.7 Å². The number of thiocarbonyl (C=S) groups is 1. The van der Waals surface area contributed by atoms with Gasteiger partial charge < -0.3 is 20.5 Å². The van der Waals surface area contributed by atoms with Gasteiger partial charge in [-0.3, -0.25) is 0 Å². The van der Waals surface area contributed by atoms with Crippen LogP contribution in [0.15, 0.2) is 24.3 Å². The molecular weight excluding hydrogens is 260 g/mol. The Bertz CT molecular complexity index is 393. The molecule has 0 saturated carbocycles. The van der Waals surface area contributed by atoms with E-state index in [0.29, 0.717) is 18.1 Å². The molecule has 0 fully saturated rings. The summed E-state index contributed by atoms with van der Waals surface area (Å²) >= 11 is 4.89. The van der Waals surface area contributed by atoms with Crippen molar-refractivity contribution in [2.75, 3.05) is 26.7 Å². The van der Waals surface area contributed by atoms with E-state index in [1.54, 1.807) is 6.92 Å². The maximum absolute atomic E-state index is 9.23. The smallest absolute Gasteiger partial charge is 0.119 e. The molecule has 19 heavy (non-hydrogen) atoms. The van der Waals surface area contributed by atoms with E-state index in [1.165, 1.54) is 0 Å². The number of nitrogens with zero attached hydrogens (tertiary/aromatic N) is 1. The second-order valence-electron chi connectivity index (χ2n) is 4.70. The molecule has 0 spiro atoms. The van der Waals surface area contributed by atoms with Crippen molar-refractivity contribution in [3.63, 3.8) is 0 Å². The Labute approximate surface area is 120 Å². The van der Waals surface area contributed by atoms with Gasteiger partial charge in [0.05, 0.1) is 12.7 Å². The molecule has 0 radical (unpaired) electrons. The molecule has 0 heterocycles. The Morgan fingerprint density at radius 3 is 2.58 bits per heavy atom. The number of likely N-dealkylation sites (N-methyl/N-ethyl adjacent to an activating group) is 1. The van der Waals surface area contributed by atoms with E-state index in [4.69, 9.17) is 22.7 Å². The van der Waals surface area contributed by atoms with Crippen molar-refractivity contribution in [1.29, 1.82) is 0 Å². The van der Waals surface area contributed by atoms with Crippen LogP contribution in [0.1, 0.15) is 18.9 Å². The lowest BCUT2D eigenvalue weighted by Gasteiger charge is -2.18. The largest absolute Gasteiger partial charge is 0.494 e. The fourth-order valence-electron chi connectivity index (χ4n) is 1.78. The zero-order valence-electron chi connectivity index (χ0n) is 11.5. The number of rotatable bonds is 8. The highest BCUT2D eigenvalue weighted by atomic mass is 32.1. The fraction of sp³-hybridized carbons (Fsp3) is 0.500. The van der Waals surface area contributed by atoms with Crippen LogP contribution in [0.2, 0.25) is 0 Å². The first kappa shape index (κ1) is 15.9. The predicted molar refractivity (Wildman–Crippen MR) is 81.6 cm³/mol. The average Bonchev–Trinajstić information content (AvgIpc) is 2.34. The van der Waals surface area contributed by atoms with Gasteiger partial charge in [0.25, 0.3) is 0 Å². The molecule has 0 bridgehead atoms. The van der Waals surface area contributed by atoms with E-state index < -0.39 is 0 Å². The summed E-state index contributed by atoms with van der Waals surface area (Å²) in [6.07, 6.45) is 0.624. The average molecular weight is 282 g/mol. The van der Waals surface area contributed by atoms with E-state index in [0.717, 1.165) is 24.3 Å². The van der Waals surface area contributed by atoms with E-state index in [2.05, 4.69) is 4.90 Å². The van der Waals surface area contributed by atoms with Gasteiger partial charge in [-0.2, -0.15) is 0 Å². The van der Waals surface area contributed by atoms with E-state index in [1.807, 2.05) is 31.3 Å². The van der Waals surface area contributed by atoms with Crippen molar-refractivity contribution in [3.8, 4) is 5.75 Å². The number of nitrogens with two attached hydrogens (primary N) is 1. The van der Waals surface area contributed by atoms with Gasteiger partial charge in [0.15, 0.2) is 0 Å². The minimum absolute atomic E-state index is 0.293. The normalized spacial score (nSPS) is 12.4. The molecule has 0 saturated heterocycles. The van der Waals surface area contributed by atoms with Crippen LogP contribution in [-0.4, -0.2) is 47.8 Å². The molecule has 106 valence electrons. The molecular formula is C14H22N2O2S. The quantitative estimate of drug-likeness (QED) is 0.557. The highest BCUT2D eigenvalue weighted by molar-refractivity contribution is 7.80. The summed E-state index contributed by atoms with van der Waals surface area (Å²) in [5.74, 6) is 0.818. The minimum Gasteiger partial charge on any atom is -0.494 e. The molecule has 4 nitrogen and oxygen atoms in total. The summed E-state index contributed by atoms with van der Waals surface area (Å²) in [7, 11) is 1.99. The van der Waals surface area contributed by atoms with Gasteiger partial charge in [-0.15, -0.1) is 0 Å². The summed E-state index contributed by atoms with van der Waals surface area (Å²) in [6, 6.07) is 7.45. The Morgan fingerprint density at radius 2 is 2.05 bits per heavy atom. The Balaban J connectivity index is 2.24. The molecule has 0 aliphatic heterocycles. The van der Waals surface area contributed by atoms with Crippen LogP contribution in [0, 0.1) is 0 Å². The van der Waals surface area contributed by atoms with E-state index in [-0.39, 0.29) is 6.10 Å². The van der Waals surface area contributed by atoms with Crippen molar-refractivity contribution < 1.29 is 9.84 Å². The molecule has 1 unspecified atom stereocenters. The summed E-state index contributed by atoms with van der Waals surface area (Å²) < 4.78 is 5.62. The monoisotopic (exact) mass is 282 g/mol. The third-order valence-corrected chi connectivity index (χ3v) is 2.90. The van der Waals surface area contributed by atoms with Crippen LogP contribution in [0.3, 0.4) is 0 Å². The summed E-state index contributed by atoms with van der Waals surface area (Å²) in [5, 5.41) is 9.23. The number of hydrogen-bond donors (Lipinski definition) is 2. The molecule has 1 aromatic rings. The molecule has 5 heteroatoms. The van der Waals surface area contributed by atoms with Gasteiger partial charge in [-0.25, -0.2) is 0 Å². The van der Waals surface area contributed by atoms with Crippen molar-refractivity contribution >= 4 is 17.2 Å². The van der Waals surface area contributed by atoms with Crippen LogP contribution in [-0.2, 0) is 0 Å². The summed E-state index contributed by atoms with van der Waals surface area (Å²) in [4.78, 5) is 2.48. The fourth-order valence-corrected chi connectivity index (χ4v) is 1.92. The molecule has 0 aliphatic carbocycles. The molecule has 3 N–H and O–H groups in total. The standard InChI is InChI=1S/C14H22N2O2S/c1-11(17)10-16(2)8-3-9-18-13-6-4-12(5-7-13)14(15)19/h4-7,11,17H,3,8-10H2,1-2H3,(H2,15,19). The molecule has 0 aromatic heterocycles. The summed E-state index contributed by atoms with van der Waals surface area (Å²) in [6.45, 7) is 4.02. The van der Waals surface area contributed by atoms with Crippen LogP contribution in [0.5, 0.6) is 5.75 Å². The molecule has 0 aliphatic rings. The first-order valence-electron chi connectivity index (χ1n) is 6.38. The molecule has 1 atom stereocenters. The van der Waals surface area contributed by atoms with E-state index in [9.17, 15) is 5.11 Å².